The molecule has 1 aliphatic rings. The zero-order chi connectivity index (χ0) is 12.3. The molecule has 1 N–H and O–H groups in total. The van der Waals surface area contributed by atoms with Gasteiger partial charge in [-0.25, -0.2) is 0 Å². The van der Waals surface area contributed by atoms with Crippen LogP contribution in [0.5, 0.6) is 0 Å². The van der Waals surface area contributed by atoms with Crippen LogP contribution in [0.15, 0.2) is 24.3 Å². The molecule has 0 spiro atoms. The number of hydrogen-bond acceptors (Lipinski definition) is 3. The number of carbonyl (C=O) groups is 1. The van der Waals surface area contributed by atoms with E-state index < -0.39 is 0 Å². The van der Waals surface area contributed by atoms with E-state index in [0.717, 1.165) is 18.0 Å². The van der Waals surface area contributed by atoms with Crippen LogP contribution in [0.3, 0.4) is 0 Å². The maximum absolute atomic E-state index is 11.6. The third-order valence-corrected chi connectivity index (χ3v) is 3.51. The Hall–Kier alpha value is -1.06. The fourth-order valence-corrected chi connectivity index (χ4v) is 2.42. The van der Waals surface area contributed by atoms with Gasteiger partial charge in [-0.2, -0.15) is 0 Å². The van der Waals surface area contributed by atoms with Gasteiger partial charge in [-0.3, -0.25) is 4.79 Å². The predicted molar refractivity (Wildman–Crippen MR) is 67.0 cm³/mol. The minimum Gasteiger partial charge on any atom is -0.469 e. The van der Waals surface area contributed by atoms with Crippen LogP contribution in [0.4, 0.5) is 0 Å². The number of benzene rings is 1. The molecular weight excluding hydrogens is 238 g/mol. The summed E-state index contributed by atoms with van der Waals surface area (Å²) in [4.78, 5) is 11.6. The Morgan fingerprint density at radius 1 is 1.41 bits per heavy atom. The van der Waals surface area contributed by atoms with E-state index in [-0.39, 0.29) is 11.9 Å². The highest BCUT2D eigenvalue weighted by Crippen LogP contribution is 2.23. The highest BCUT2D eigenvalue weighted by molar-refractivity contribution is 6.30. The van der Waals surface area contributed by atoms with Gasteiger partial charge in [0.05, 0.1) is 13.0 Å². The summed E-state index contributed by atoms with van der Waals surface area (Å²) in [6.45, 7) is 1.58. The van der Waals surface area contributed by atoms with Crippen molar-refractivity contribution in [2.45, 2.75) is 6.42 Å². The van der Waals surface area contributed by atoms with Crippen LogP contribution in [0.25, 0.3) is 0 Å². The SMILES string of the molecule is COC(=O)[C@H]1CNC[C@@H]1Cc1ccc(Cl)cc1. The van der Waals surface area contributed by atoms with Crippen LogP contribution in [-0.2, 0) is 16.0 Å². The normalized spacial score (nSPS) is 23.6. The average molecular weight is 254 g/mol. The third kappa shape index (κ3) is 2.99. The number of rotatable bonds is 3. The van der Waals surface area contributed by atoms with Gasteiger partial charge >= 0.3 is 5.97 Å². The lowest BCUT2D eigenvalue weighted by Gasteiger charge is -2.16. The molecule has 92 valence electrons. The van der Waals surface area contributed by atoms with Crippen LogP contribution in [0, 0.1) is 11.8 Å². The van der Waals surface area contributed by atoms with E-state index in [0.29, 0.717) is 12.5 Å². The van der Waals surface area contributed by atoms with E-state index in [1.54, 1.807) is 0 Å². The number of nitrogens with one attached hydrogen (secondary N) is 1. The smallest absolute Gasteiger partial charge is 0.310 e. The van der Waals surface area contributed by atoms with Crippen molar-refractivity contribution in [2.75, 3.05) is 20.2 Å². The minimum absolute atomic E-state index is 0.0318. The molecule has 1 heterocycles. The monoisotopic (exact) mass is 253 g/mol. The van der Waals surface area contributed by atoms with Gasteiger partial charge in [0.25, 0.3) is 0 Å². The van der Waals surface area contributed by atoms with Gasteiger partial charge in [0, 0.05) is 11.6 Å². The molecule has 17 heavy (non-hydrogen) atoms. The van der Waals surface area contributed by atoms with Crippen LogP contribution >= 0.6 is 11.6 Å². The molecule has 1 aromatic rings. The van der Waals surface area contributed by atoms with E-state index in [1.165, 1.54) is 12.7 Å². The molecule has 1 saturated heterocycles. The van der Waals surface area contributed by atoms with Crippen molar-refractivity contribution < 1.29 is 9.53 Å². The molecule has 1 fully saturated rings. The fraction of sp³-hybridized carbons (Fsp3) is 0.462. The maximum Gasteiger partial charge on any atom is 0.310 e. The molecule has 0 amide bonds. The zero-order valence-electron chi connectivity index (χ0n) is 9.78. The lowest BCUT2D eigenvalue weighted by Crippen LogP contribution is -2.25. The molecule has 0 bridgehead atoms. The Morgan fingerprint density at radius 3 is 2.76 bits per heavy atom. The predicted octanol–water partition coefficient (Wildman–Crippen LogP) is 1.89. The standard InChI is InChI=1S/C13H16ClNO2/c1-17-13(16)12-8-15-7-10(12)6-9-2-4-11(14)5-3-9/h2-5,10,12,15H,6-8H2,1H3/t10-,12-/m0/s1. The minimum atomic E-state index is -0.117. The first-order valence-corrected chi connectivity index (χ1v) is 6.11. The first-order chi connectivity index (χ1) is 8.20. The van der Waals surface area contributed by atoms with Gasteiger partial charge in [0.2, 0.25) is 0 Å². The zero-order valence-corrected chi connectivity index (χ0v) is 10.5. The van der Waals surface area contributed by atoms with E-state index in [9.17, 15) is 4.79 Å². The van der Waals surface area contributed by atoms with Crippen molar-refractivity contribution in [3.63, 3.8) is 0 Å². The summed E-state index contributed by atoms with van der Waals surface area (Å²) >= 11 is 5.84. The number of hydrogen-bond donors (Lipinski definition) is 1. The lowest BCUT2D eigenvalue weighted by atomic mass is 9.90. The van der Waals surface area contributed by atoms with Crippen LogP contribution in [0.2, 0.25) is 5.02 Å². The number of ether oxygens (including phenoxy) is 1. The van der Waals surface area contributed by atoms with Crippen molar-refractivity contribution in [2.24, 2.45) is 11.8 Å². The van der Waals surface area contributed by atoms with Crippen molar-refractivity contribution in [3.8, 4) is 0 Å². The molecular formula is C13H16ClNO2. The van der Waals surface area contributed by atoms with Crippen molar-refractivity contribution in [1.82, 2.24) is 5.32 Å². The largest absolute Gasteiger partial charge is 0.469 e. The summed E-state index contributed by atoms with van der Waals surface area (Å²) in [5.41, 5.74) is 1.21. The molecule has 0 unspecified atom stereocenters. The molecule has 1 aromatic carbocycles. The first kappa shape index (κ1) is 12.4. The Kier molecular flexibility index (Phi) is 4.02. The molecule has 0 saturated carbocycles. The van der Waals surface area contributed by atoms with Crippen LogP contribution in [-0.4, -0.2) is 26.2 Å². The number of methoxy groups -OCH3 is 1. The van der Waals surface area contributed by atoms with Crippen molar-refractivity contribution in [3.05, 3.63) is 34.9 Å². The van der Waals surface area contributed by atoms with E-state index >= 15 is 0 Å². The quantitative estimate of drug-likeness (QED) is 0.836. The molecule has 1 aliphatic heterocycles. The number of esters is 1. The van der Waals surface area contributed by atoms with Gasteiger partial charge < -0.3 is 10.1 Å². The van der Waals surface area contributed by atoms with E-state index in [2.05, 4.69) is 5.32 Å². The average Bonchev–Trinajstić information content (AvgIpc) is 2.79. The van der Waals surface area contributed by atoms with Gasteiger partial charge in [-0.05, 0) is 36.6 Å². The summed E-state index contributed by atoms with van der Waals surface area (Å²) < 4.78 is 4.82. The van der Waals surface area contributed by atoms with Gasteiger partial charge in [0.15, 0.2) is 0 Å². The van der Waals surface area contributed by atoms with Gasteiger partial charge in [-0.15, -0.1) is 0 Å². The third-order valence-electron chi connectivity index (χ3n) is 3.25. The summed E-state index contributed by atoms with van der Waals surface area (Å²) in [6.07, 6.45) is 0.879. The lowest BCUT2D eigenvalue weighted by molar-refractivity contribution is -0.146. The molecule has 3 nitrogen and oxygen atoms in total. The summed E-state index contributed by atoms with van der Waals surface area (Å²) in [6, 6.07) is 7.78. The Morgan fingerprint density at radius 2 is 2.12 bits per heavy atom. The van der Waals surface area contributed by atoms with Crippen LogP contribution in [0.1, 0.15) is 5.56 Å². The van der Waals surface area contributed by atoms with Gasteiger partial charge in [0.1, 0.15) is 0 Å². The molecule has 4 heteroatoms. The second kappa shape index (κ2) is 5.52. The highest BCUT2D eigenvalue weighted by Gasteiger charge is 2.33. The second-order valence-electron chi connectivity index (χ2n) is 4.38. The van der Waals surface area contributed by atoms with Crippen molar-refractivity contribution >= 4 is 17.6 Å². The Bertz CT molecular complexity index is 391. The van der Waals surface area contributed by atoms with Crippen molar-refractivity contribution in [1.29, 1.82) is 0 Å². The van der Waals surface area contributed by atoms with Gasteiger partial charge in [-0.1, -0.05) is 23.7 Å². The molecule has 2 rings (SSSR count). The highest BCUT2D eigenvalue weighted by atomic mass is 35.5. The summed E-state index contributed by atoms with van der Waals surface area (Å²) in [5.74, 6) is 0.160. The Labute approximate surface area is 106 Å². The topological polar surface area (TPSA) is 38.3 Å². The molecule has 0 radical (unpaired) electrons. The summed E-state index contributed by atoms with van der Waals surface area (Å²) in [7, 11) is 1.44. The Balaban J connectivity index is 2.02. The first-order valence-electron chi connectivity index (χ1n) is 5.73. The number of halogens is 1. The summed E-state index contributed by atoms with van der Waals surface area (Å²) in [5, 5.41) is 3.98. The second-order valence-corrected chi connectivity index (χ2v) is 4.82. The number of carbonyl (C=O) groups excluding carboxylic acids is 1. The van der Waals surface area contributed by atoms with Crippen LogP contribution < -0.4 is 5.32 Å². The molecule has 0 aromatic heterocycles. The van der Waals surface area contributed by atoms with E-state index in [1.807, 2.05) is 24.3 Å². The maximum atomic E-state index is 11.6. The fourth-order valence-electron chi connectivity index (χ4n) is 2.30. The molecule has 2 atom stereocenters. The molecule has 0 aliphatic carbocycles. The van der Waals surface area contributed by atoms with E-state index in [4.69, 9.17) is 16.3 Å².